The highest BCUT2D eigenvalue weighted by Crippen LogP contribution is 2.31. The van der Waals surface area contributed by atoms with Gasteiger partial charge in [-0.3, -0.25) is 30.6 Å². The highest BCUT2D eigenvalue weighted by atomic mass is 35.5. The molecule has 0 fully saturated rings. The minimum atomic E-state index is -0.689. The van der Waals surface area contributed by atoms with Gasteiger partial charge in [-0.25, -0.2) is 9.97 Å². The van der Waals surface area contributed by atoms with Gasteiger partial charge in [-0.2, -0.15) is 0 Å². The fraction of sp³-hybridized carbons (Fsp3) is 0.0526. The molecule has 1 aromatic heterocycles. The van der Waals surface area contributed by atoms with Gasteiger partial charge in [0.2, 0.25) is 11.6 Å². The molecule has 1 heterocycles. The number of nitrogens with one attached hydrogen (secondary N) is 3. The van der Waals surface area contributed by atoms with Gasteiger partial charge in [-0.1, -0.05) is 29.8 Å². The zero-order chi connectivity index (χ0) is 21.7. The first kappa shape index (κ1) is 20.7. The normalized spacial score (nSPS) is 10.2. The molecular formula is C19H15ClN6O4. The lowest BCUT2D eigenvalue weighted by molar-refractivity contribution is -0.383. The Balaban J connectivity index is 1.84. The molecule has 3 rings (SSSR count). The summed E-state index contributed by atoms with van der Waals surface area (Å²) < 4.78 is 0. The molecule has 0 aliphatic rings. The second kappa shape index (κ2) is 8.97. The van der Waals surface area contributed by atoms with E-state index in [0.717, 1.165) is 6.33 Å². The Morgan fingerprint density at radius 1 is 1.03 bits per heavy atom. The number of anilines is 3. The molecule has 10 nitrogen and oxygen atoms in total. The van der Waals surface area contributed by atoms with E-state index >= 15 is 0 Å². The molecule has 0 atom stereocenters. The molecule has 30 heavy (non-hydrogen) atoms. The average molecular weight is 427 g/mol. The fourth-order valence-electron chi connectivity index (χ4n) is 2.51. The lowest BCUT2D eigenvalue weighted by atomic mass is 10.1. The number of carbonyl (C=O) groups is 2. The number of nitro groups is 1. The van der Waals surface area contributed by atoms with Gasteiger partial charge in [-0.05, 0) is 37.3 Å². The van der Waals surface area contributed by atoms with Crippen molar-refractivity contribution in [2.75, 3.05) is 10.7 Å². The summed E-state index contributed by atoms with van der Waals surface area (Å²) >= 11 is 5.86. The molecule has 0 saturated heterocycles. The number of rotatable bonds is 7. The molecule has 0 aliphatic heterocycles. The predicted molar refractivity (Wildman–Crippen MR) is 111 cm³/mol. The number of hydrogen-bond acceptors (Lipinski definition) is 8. The minimum absolute atomic E-state index is 0.116. The first-order valence-corrected chi connectivity index (χ1v) is 8.92. The van der Waals surface area contributed by atoms with Gasteiger partial charge in [-0.15, -0.1) is 0 Å². The van der Waals surface area contributed by atoms with Crippen LogP contribution in [0.3, 0.4) is 0 Å². The standard InChI is InChI=1S/C19H15ClN6O4/c1-11(27)12-4-3-7-15(9-12)23-17-16(26(29)30)18(22-10-21-17)24-25-19(28)13-5-2-6-14(20)8-13/h2-10H,1H3,(H,25,28)(H2,21,22,23,24). The van der Waals surface area contributed by atoms with E-state index in [-0.39, 0.29) is 23.0 Å². The maximum atomic E-state index is 12.2. The number of hydrogen-bond donors (Lipinski definition) is 3. The van der Waals surface area contributed by atoms with Crippen molar-refractivity contribution in [2.24, 2.45) is 0 Å². The highest BCUT2D eigenvalue weighted by Gasteiger charge is 2.24. The number of benzene rings is 2. The van der Waals surface area contributed by atoms with E-state index in [1.807, 2.05) is 0 Å². The average Bonchev–Trinajstić information content (AvgIpc) is 2.72. The van der Waals surface area contributed by atoms with Crippen LogP contribution in [0.5, 0.6) is 0 Å². The van der Waals surface area contributed by atoms with Crippen LogP contribution in [0.2, 0.25) is 5.02 Å². The molecule has 0 spiro atoms. The summed E-state index contributed by atoms with van der Waals surface area (Å²) in [5.74, 6) is -1.05. The van der Waals surface area contributed by atoms with Crippen molar-refractivity contribution in [2.45, 2.75) is 6.92 Å². The van der Waals surface area contributed by atoms with Gasteiger partial charge in [0.1, 0.15) is 6.33 Å². The number of hydrazine groups is 1. The summed E-state index contributed by atoms with van der Waals surface area (Å²) in [6.45, 7) is 1.41. The number of nitrogens with zero attached hydrogens (tertiary/aromatic N) is 3. The number of aromatic nitrogens is 2. The summed E-state index contributed by atoms with van der Waals surface area (Å²) in [6.07, 6.45) is 1.10. The monoisotopic (exact) mass is 426 g/mol. The molecule has 152 valence electrons. The zero-order valence-electron chi connectivity index (χ0n) is 15.5. The van der Waals surface area contributed by atoms with Crippen molar-refractivity contribution < 1.29 is 14.5 Å². The van der Waals surface area contributed by atoms with Crippen LogP contribution in [0.15, 0.2) is 54.9 Å². The number of halogens is 1. The van der Waals surface area contributed by atoms with Crippen LogP contribution in [-0.4, -0.2) is 26.6 Å². The third-order valence-electron chi connectivity index (χ3n) is 3.92. The summed E-state index contributed by atoms with van der Waals surface area (Å²) in [5, 5.41) is 14.8. The largest absolute Gasteiger partial charge is 0.355 e. The van der Waals surface area contributed by atoms with E-state index in [2.05, 4.69) is 26.1 Å². The Hall–Kier alpha value is -4.05. The third kappa shape index (κ3) is 4.86. The Morgan fingerprint density at radius 2 is 1.73 bits per heavy atom. The van der Waals surface area contributed by atoms with Crippen LogP contribution in [0.4, 0.5) is 23.0 Å². The topological polar surface area (TPSA) is 139 Å². The summed E-state index contributed by atoms with van der Waals surface area (Å²) in [7, 11) is 0. The van der Waals surface area contributed by atoms with Crippen LogP contribution in [0.1, 0.15) is 27.6 Å². The van der Waals surface area contributed by atoms with Crippen LogP contribution in [0.25, 0.3) is 0 Å². The Kier molecular flexibility index (Phi) is 6.18. The summed E-state index contributed by atoms with van der Waals surface area (Å²) in [5.41, 5.74) is 5.41. The van der Waals surface area contributed by atoms with E-state index in [9.17, 15) is 19.7 Å². The van der Waals surface area contributed by atoms with E-state index in [0.29, 0.717) is 16.3 Å². The minimum Gasteiger partial charge on any atom is -0.334 e. The first-order chi connectivity index (χ1) is 14.3. The number of Topliss-reactive ketones (excluding diaryl/α,β-unsaturated/α-hetero) is 1. The summed E-state index contributed by atoms with van der Waals surface area (Å²) in [4.78, 5) is 42.5. The molecular weight excluding hydrogens is 412 g/mol. The Bertz CT molecular complexity index is 1140. The third-order valence-corrected chi connectivity index (χ3v) is 4.15. The van der Waals surface area contributed by atoms with E-state index in [1.54, 1.807) is 36.4 Å². The van der Waals surface area contributed by atoms with Crippen molar-refractivity contribution in [1.29, 1.82) is 0 Å². The van der Waals surface area contributed by atoms with Gasteiger partial charge in [0.25, 0.3) is 5.91 Å². The Morgan fingerprint density at radius 3 is 2.43 bits per heavy atom. The van der Waals surface area contributed by atoms with E-state index in [1.165, 1.54) is 19.1 Å². The first-order valence-electron chi connectivity index (χ1n) is 8.54. The summed E-state index contributed by atoms with van der Waals surface area (Å²) in [6, 6.07) is 12.6. The molecule has 11 heteroatoms. The van der Waals surface area contributed by atoms with Crippen molar-refractivity contribution in [3.05, 3.63) is 81.1 Å². The molecule has 3 aromatic rings. The maximum absolute atomic E-state index is 12.2. The smallest absolute Gasteiger partial charge is 0.334 e. The Labute approximate surface area is 175 Å². The van der Waals surface area contributed by atoms with Gasteiger partial charge in [0.05, 0.1) is 4.92 Å². The van der Waals surface area contributed by atoms with Crippen molar-refractivity contribution in [1.82, 2.24) is 15.4 Å². The second-order valence-electron chi connectivity index (χ2n) is 6.03. The molecule has 0 aliphatic carbocycles. The molecule has 0 radical (unpaired) electrons. The highest BCUT2D eigenvalue weighted by molar-refractivity contribution is 6.30. The van der Waals surface area contributed by atoms with Gasteiger partial charge in [0, 0.05) is 21.8 Å². The van der Waals surface area contributed by atoms with Gasteiger partial charge < -0.3 is 5.32 Å². The molecule has 0 bridgehead atoms. The van der Waals surface area contributed by atoms with Crippen molar-refractivity contribution >= 4 is 46.3 Å². The predicted octanol–water partition coefficient (Wildman–Crippen LogP) is 3.74. The van der Waals surface area contributed by atoms with Crippen LogP contribution in [-0.2, 0) is 0 Å². The molecule has 0 unspecified atom stereocenters. The van der Waals surface area contributed by atoms with Gasteiger partial charge in [0.15, 0.2) is 5.78 Å². The number of amides is 1. The molecule has 0 saturated carbocycles. The van der Waals surface area contributed by atoms with E-state index in [4.69, 9.17) is 11.6 Å². The van der Waals surface area contributed by atoms with E-state index < -0.39 is 16.5 Å². The van der Waals surface area contributed by atoms with Crippen LogP contribution in [0, 0.1) is 10.1 Å². The molecule has 3 N–H and O–H groups in total. The fourth-order valence-corrected chi connectivity index (χ4v) is 2.70. The van der Waals surface area contributed by atoms with Gasteiger partial charge >= 0.3 is 5.69 Å². The van der Waals surface area contributed by atoms with Crippen LogP contribution >= 0.6 is 11.6 Å². The van der Waals surface area contributed by atoms with Crippen molar-refractivity contribution in [3.8, 4) is 0 Å². The number of ketones is 1. The quantitative estimate of drug-likeness (QED) is 0.295. The molecule has 1 amide bonds. The lowest BCUT2D eigenvalue weighted by Crippen LogP contribution is -2.30. The zero-order valence-corrected chi connectivity index (χ0v) is 16.3. The SMILES string of the molecule is CC(=O)c1cccc(Nc2ncnc(NNC(=O)c3cccc(Cl)c3)c2[N+](=O)[O-])c1. The van der Waals surface area contributed by atoms with Crippen LogP contribution < -0.4 is 16.2 Å². The number of carbonyl (C=O) groups excluding carboxylic acids is 2. The molecule has 2 aromatic carbocycles. The van der Waals surface area contributed by atoms with Crippen molar-refractivity contribution in [3.63, 3.8) is 0 Å². The maximum Gasteiger partial charge on any atom is 0.355 e. The lowest BCUT2D eigenvalue weighted by Gasteiger charge is -2.11. The second-order valence-corrected chi connectivity index (χ2v) is 6.46.